The minimum atomic E-state index is 0.211. The van der Waals surface area contributed by atoms with Crippen molar-refractivity contribution in [2.75, 3.05) is 18.4 Å². The molecule has 0 radical (unpaired) electrons. The van der Waals surface area contributed by atoms with Crippen molar-refractivity contribution in [1.29, 1.82) is 0 Å². The number of aromatic nitrogens is 5. The summed E-state index contributed by atoms with van der Waals surface area (Å²) in [6.45, 7) is 1.58. The third-order valence-corrected chi connectivity index (χ3v) is 3.48. The summed E-state index contributed by atoms with van der Waals surface area (Å²) in [6, 6.07) is 2.25. The second kappa shape index (κ2) is 5.00. The molecule has 0 aromatic carbocycles. The van der Waals surface area contributed by atoms with Crippen LogP contribution in [0, 0.1) is 0 Å². The predicted octanol–water partition coefficient (Wildman–Crippen LogP) is 0.308. The first-order valence-electron chi connectivity index (χ1n) is 6.67. The molecule has 1 aliphatic rings. The van der Waals surface area contributed by atoms with Crippen LogP contribution in [0.25, 0.3) is 0 Å². The maximum atomic E-state index is 5.53. The van der Waals surface area contributed by atoms with E-state index in [2.05, 4.69) is 20.5 Å². The highest BCUT2D eigenvalue weighted by Gasteiger charge is 2.26. The summed E-state index contributed by atoms with van der Waals surface area (Å²) in [5.41, 5.74) is 6.70. The molecule has 2 aromatic rings. The van der Waals surface area contributed by atoms with Crippen LogP contribution in [0.15, 0.2) is 12.3 Å². The topological polar surface area (TPSA) is 86.6 Å². The van der Waals surface area contributed by atoms with Gasteiger partial charge in [0.1, 0.15) is 0 Å². The highest BCUT2D eigenvalue weighted by molar-refractivity contribution is 5.31. The SMILES string of the molecule is Cn1nccc1C1CCNc2nc(CCCN)nn21. The van der Waals surface area contributed by atoms with Gasteiger partial charge in [-0.1, -0.05) is 0 Å². The van der Waals surface area contributed by atoms with Gasteiger partial charge in [0.25, 0.3) is 0 Å². The maximum absolute atomic E-state index is 5.53. The van der Waals surface area contributed by atoms with Gasteiger partial charge in [-0.25, -0.2) is 4.68 Å². The van der Waals surface area contributed by atoms with Crippen LogP contribution in [0.1, 0.15) is 30.4 Å². The molecule has 19 heavy (non-hydrogen) atoms. The molecule has 1 unspecified atom stereocenters. The first-order valence-corrected chi connectivity index (χ1v) is 6.67. The van der Waals surface area contributed by atoms with Crippen LogP contribution in [-0.4, -0.2) is 37.6 Å². The fraction of sp³-hybridized carbons (Fsp3) is 0.583. The first kappa shape index (κ1) is 12.2. The normalized spacial score (nSPS) is 18.1. The average molecular weight is 261 g/mol. The highest BCUT2D eigenvalue weighted by atomic mass is 15.4. The van der Waals surface area contributed by atoms with E-state index in [1.807, 2.05) is 28.7 Å². The van der Waals surface area contributed by atoms with Crippen LogP contribution in [-0.2, 0) is 13.5 Å². The minimum Gasteiger partial charge on any atom is -0.354 e. The van der Waals surface area contributed by atoms with Gasteiger partial charge in [0.05, 0.1) is 11.7 Å². The van der Waals surface area contributed by atoms with Crippen LogP contribution in [0.5, 0.6) is 0 Å². The maximum Gasteiger partial charge on any atom is 0.222 e. The predicted molar refractivity (Wildman–Crippen MR) is 71.9 cm³/mol. The molecule has 102 valence electrons. The Hall–Kier alpha value is -1.89. The third-order valence-electron chi connectivity index (χ3n) is 3.48. The Morgan fingerprint density at radius 3 is 3.16 bits per heavy atom. The van der Waals surface area contributed by atoms with Crippen LogP contribution < -0.4 is 11.1 Å². The minimum absolute atomic E-state index is 0.211. The Morgan fingerprint density at radius 1 is 1.53 bits per heavy atom. The Bertz CT molecular complexity index is 556. The lowest BCUT2D eigenvalue weighted by Gasteiger charge is -2.24. The van der Waals surface area contributed by atoms with E-state index in [1.165, 1.54) is 0 Å². The molecule has 0 amide bonds. The molecule has 0 spiro atoms. The van der Waals surface area contributed by atoms with Gasteiger partial charge >= 0.3 is 0 Å². The van der Waals surface area contributed by atoms with E-state index >= 15 is 0 Å². The monoisotopic (exact) mass is 261 g/mol. The zero-order chi connectivity index (χ0) is 13.2. The van der Waals surface area contributed by atoms with Crippen LogP contribution in [0.3, 0.4) is 0 Å². The smallest absolute Gasteiger partial charge is 0.222 e. The number of anilines is 1. The molecule has 7 heteroatoms. The zero-order valence-corrected chi connectivity index (χ0v) is 11.1. The summed E-state index contributed by atoms with van der Waals surface area (Å²) in [4.78, 5) is 4.53. The molecule has 0 aliphatic carbocycles. The molecule has 0 saturated carbocycles. The van der Waals surface area contributed by atoms with Gasteiger partial charge in [0.2, 0.25) is 5.95 Å². The summed E-state index contributed by atoms with van der Waals surface area (Å²) in [7, 11) is 1.96. The highest BCUT2D eigenvalue weighted by Crippen LogP contribution is 2.27. The lowest BCUT2D eigenvalue weighted by molar-refractivity contribution is 0.448. The van der Waals surface area contributed by atoms with Crippen LogP contribution in [0.4, 0.5) is 5.95 Å². The standard InChI is InChI=1S/C12H19N7/c1-18-9(5-8-15-18)10-4-7-14-12-16-11(3-2-6-13)17-19(10)12/h5,8,10H,2-4,6-7,13H2,1H3,(H,14,16,17). The van der Waals surface area contributed by atoms with E-state index in [1.54, 1.807) is 0 Å². The number of hydrogen-bond donors (Lipinski definition) is 2. The Balaban J connectivity index is 1.91. The second-order valence-corrected chi connectivity index (χ2v) is 4.80. The van der Waals surface area contributed by atoms with Crippen molar-refractivity contribution in [2.45, 2.75) is 25.3 Å². The van der Waals surface area contributed by atoms with E-state index in [9.17, 15) is 0 Å². The Labute approximate surface area is 111 Å². The van der Waals surface area contributed by atoms with Crippen molar-refractivity contribution in [2.24, 2.45) is 12.8 Å². The van der Waals surface area contributed by atoms with E-state index in [0.717, 1.165) is 43.3 Å². The molecule has 3 N–H and O–H groups in total. The van der Waals surface area contributed by atoms with Gasteiger partial charge in [-0.15, -0.1) is 0 Å². The summed E-state index contributed by atoms with van der Waals surface area (Å²) in [5, 5.41) is 12.2. The largest absolute Gasteiger partial charge is 0.354 e. The van der Waals surface area contributed by atoms with Crippen LogP contribution in [0.2, 0.25) is 0 Å². The van der Waals surface area contributed by atoms with Crippen molar-refractivity contribution < 1.29 is 0 Å². The lowest BCUT2D eigenvalue weighted by atomic mass is 10.1. The van der Waals surface area contributed by atoms with Gasteiger partial charge in [-0.3, -0.25) is 4.68 Å². The first-order chi connectivity index (χ1) is 9.29. The number of rotatable bonds is 4. The number of nitrogens with zero attached hydrogens (tertiary/aromatic N) is 5. The molecule has 0 fully saturated rings. The fourth-order valence-electron chi connectivity index (χ4n) is 2.50. The number of fused-ring (bicyclic) bond motifs is 1. The van der Waals surface area contributed by atoms with E-state index in [4.69, 9.17) is 5.73 Å². The number of aryl methyl sites for hydroxylation is 2. The molecule has 1 aliphatic heterocycles. The summed E-state index contributed by atoms with van der Waals surface area (Å²) < 4.78 is 3.88. The summed E-state index contributed by atoms with van der Waals surface area (Å²) >= 11 is 0. The van der Waals surface area contributed by atoms with Gasteiger partial charge in [-0.2, -0.15) is 15.2 Å². The van der Waals surface area contributed by atoms with Gasteiger partial charge in [0, 0.05) is 26.2 Å². The van der Waals surface area contributed by atoms with E-state index < -0.39 is 0 Å². The summed E-state index contributed by atoms with van der Waals surface area (Å²) in [5.74, 6) is 1.71. The van der Waals surface area contributed by atoms with E-state index in [-0.39, 0.29) is 6.04 Å². The van der Waals surface area contributed by atoms with Crippen molar-refractivity contribution in [3.05, 3.63) is 23.8 Å². The second-order valence-electron chi connectivity index (χ2n) is 4.80. The molecule has 0 bridgehead atoms. The van der Waals surface area contributed by atoms with Crippen molar-refractivity contribution >= 4 is 5.95 Å². The average Bonchev–Trinajstić information content (AvgIpc) is 3.01. The molecular weight excluding hydrogens is 242 g/mol. The quantitative estimate of drug-likeness (QED) is 0.827. The van der Waals surface area contributed by atoms with Gasteiger partial charge < -0.3 is 11.1 Å². The molecular formula is C12H19N7. The molecule has 7 nitrogen and oxygen atoms in total. The van der Waals surface area contributed by atoms with Gasteiger partial charge in [0.15, 0.2) is 5.82 Å². The van der Waals surface area contributed by atoms with Crippen LogP contribution >= 0.6 is 0 Å². The lowest BCUT2D eigenvalue weighted by Crippen LogP contribution is -2.26. The summed E-state index contributed by atoms with van der Waals surface area (Å²) in [6.07, 6.45) is 4.56. The molecule has 3 rings (SSSR count). The fourth-order valence-corrected chi connectivity index (χ4v) is 2.50. The van der Waals surface area contributed by atoms with Crippen molar-refractivity contribution in [3.63, 3.8) is 0 Å². The number of hydrogen-bond acceptors (Lipinski definition) is 5. The Morgan fingerprint density at radius 2 is 2.42 bits per heavy atom. The van der Waals surface area contributed by atoms with Crippen molar-refractivity contribution in [3.8, 4) is 0 Å². The molecule has 2 aromatic heterocycles. The molecule has 3 heterocycles. The molecule has 1 atom stereocenters. The Kier molecular flexibility index (Phi) is 3.20. The number of nitrogens with two attached hydrogens (primary N) is 1. The molecule has 0 saturated heterocycles. The van der Waals surface area contributed by atoms with Gasteiger partial charge in [-0.05, 0) is 25.5 Å². The van der Waals surface area contributed by atoms with E-state index in [0.29, 0.717) is 6.54 Å². The van der Waals surface area contributed by atoms with Crippen molar-refractivity contribution in [1.82, 2.24) is 24.5 Å². The number of nitrogens with one attached hydrogen (secondary N) is 1. The zero-order valence-electron chi connectivity index (χ0n) is 11.1. The third kappa shape index (κ3) is 2.21.